The van der Waals surface area contributed by atoms with Crippen molar-refractivity contribution in [2.24, 2.45) is 7.05 Å². The molecule has 0 bridgehead atoms. The van der Waals surface area contributed by atoms with Gasteiger partial charge in [0.15, 0.2) is 0 Å². The monoisotopic (exact) mass is 464 g/mol. The van der Waals surface area contributed by atoms with Gasteiger partial charge in [-0.1, -0.05) is 24.3 Å². The van der Waals surface area contributed by atoms with E-state index in [4.69, 9.17) is 0 Å². The first kappa shape index (κ1) is 22.3. The molecule has 2 aliphatic heterocycles. The van der Waals surface area contributed by atoms with Crippen LogP contribution in [0.4, 0.5) is 0 Å². The van der Waals surface area contributed by atoms with Crippen LogP contribution in [0.1, 0.15) is 51.9 Å². The minimum atomic E-state index is -0.0289. The molecular formula is C25H32N6OS. The molecule has 2 aliphatic rings. The van der Waals surface area contributed by atoms with E-state index < -0.39 is 0 Å². The van der Waals surface area contributed by atoms with Crippen molar-refractivity contribution in [3.05, 3.63) is 70.8 Å². The van der Waals surface area contributed by atoms with Crippen molar-refractivity contribution in [2.75, 3.05) is 20.1 Å². The number of carbonyl (C=O) groups is 1. The SMILES string of the molecule is Cc1c(SN2CCn3nccc3C2)cc(C(=O)NCc2ccccc2C2CCCN2C)n1C. The summed E-state index contributed by atoms with van der Waals surface area (Å²) in [5.74, 6) is -0.0289. The van der Waals surface area contributed by atoms with Crippen LogP contribution in [0.15, 0.2) is 47.5 Å². The summed E-state index contributed by atoms with van der Waals surface area (Å²) >= 11 is 1.73. The van der Waals surface area contributed by atoms with Gasteiger partial charge >= 0.3 is 0 Å². The lowest BCUT2D eigenvalue weighted by Crippen LogP contribution is -2.28. The maximum absolute atomic E-state index is 13.1. The Morgan fingerprint density at radius 3 is 2.85 bits per heavy atom. The molecule has 1 N–H and O–H groups in total. The van der Waals surface area contributed by atoms with Gasteiger partial charge in [0.2, 0.25) is 0 Å². The number of nitrogens with one attached hydrogen (secondary N) is 1. The summed E-state index contributed by atoms with van der Waals surface area (Å²) in [6.07, 6.45) is 4.27. The van der Waals surface area contributed by atoms with Crippen LogP contribution in [-0.4, -0.2) is 49.6 Å². The van der Waals surface area contributed by atoms with Gasteiger partial charge in [-0.15, -0.1) is 0 Å². The van der Waals surface area contributed by atoms with Crippen LogP contribution in [-0.2, 0) is 26.7 Å². The molecule has 5 rings (SSSR count). The average Bonchev–Trinajstić information content (AvgIpc) is 3.53. The van der Waals surface area contributed by atoms with Crippen molar-refractivity contribution in [3.8, 4) is 0 Å². The summed E-state index contributed by atoms with van der Waals surface area (Å²) in [4.78, 5) is 16.7. The molecular weight excluding hydrogens is 432 g/mol. The van der Waals surface area contributed by atoms with E-state index in [0.717, 1.165) is 36.8 Å². The third-order valence-electron chi connectivity index (χ3n) is 7.03. The molecule has 1 aromatic carbocycles. The Hall–Kier alpha value is -2.55. The molecule has 3 aromatic rings. The summed E-state index contributed by atoms with van der Waals surface area (Å²) < 4.78 is 6.41. The summed E-state index contributed by atoms with van der Waals surface area (Å²) in [5.41, 5.74) is 5.58. The molecule has 33 heavy (non-hydrogen) atoms. The van der Waals surface area contributed by atoms with Crippen molar-refractivity contribution in [1.82, 2.24) is 28.9 Å². The van der Waals surface area contributed by atoms with Crippen molar-refractivity contribution >= 4 is 17.9 Å². The number of nitrogens with zero attached hydrogens (tertiary/aromatic N) is 5. The molecule has 0 radical (unpaired) electrons. The molecule has 2 aromatic heterocycles. The molecule has 1 saturated heterocycles. The predicted molar refractivity (Wildman–Crippen MR) is 131 cm³/mol. The number of likely N-dealkylation sites (tertiary alicyclic amines) is 1. The molecule has 1 amide bonds. The molecule has 1 fully saturated rings. The molecule has 8 heteroatoms. The highest BCUT2D eigenvalue weighted by Gasteiger charge is 2.25. The Labute approximate surface area is 199 Å². The number of hydrogen-bond donors (Lipinski definition) is 1. The van der Waals surface area contributed by atoms with Gasteiger partial charge in [-0.2, -0.15) is 5.10 Å². The quantitative estimate of drug-likeness (QED) is 0.563. The highest BCUT2D eigenvalue weighted by molar-refractivity contribution is 7.97. The number of benzene rings is 1. The first-order valence-corrected chi connectivity index (χ1v) is 12.4. The van der Waals surface area contributed by atoms with Crippen LogP contribution in [0.25, 0.3) is 0 Å². The number of hydrogen-bond acceptors (Lipinski definition) is 5. The van der Waals surface area contributed by atoms with Crippen LogP contribution >= 0.6 is 11.9 Å². The van der Waals surface area contributed by atoms with Crippen LogP contribution in [0, 0.1) is 6.92 Å². The van der Waals surface area contributed by atoms with Crippen molar-refractivity contribution in [2.45, 2.75) is 50.3 Å². The van der Waals surface area contributed by atoms with Gasteiger partial charge < -0.3 is 9.88 Å². The Kier molecular flexibility index (Phi) is 6.32. The zero-order valence-electron chi connectivity index (χ0n) is 19.6. The highest BCUT2D eigenvalue weighted by Crippen LogP contribution is 2.33. The maximum Gasteiger partial charge on any atom is 0.268 e. The number of amides is 1. The highest BCUT2D eigenvalue weighted by atomic mass is 32.2. The van der Waals surface area contributed by atoms with Gasteiger partial charge in [-0.3, -0.25) is 14.4 Å². The topological polar surface area (TPSA) is 58.3 Å². The second-order valence-corrected chi connectivity index (χ2v) is 10.2. The molecule has 0 saturated carbocycles. The average molecular weight is 465 g/mol. The van der Waals surface area contributed by atoms with E-state index in [2.05, 4.69) is 68.6 Å². The molecule has 0 spiro atoms. The Balaban J connectivity index is 1.27. The minimum Gasteiger partial charge on any atom is -0.347 e. The largest absolute Gasteiger partial charge is 0.347 e. The van der Waals surface area contributed by atoms with E-state index in [9.17, 15) is 4.79 Å². The van der Waals surface area contributed by atoms with E-state index in [0.29, 0.717) is 18.3 Å². The van der Waals surface area contributed by atoms with Crippen molar-refractivity contribution in [1.29, 1.82) is 0 Å². The zero-order valence-corrected chi connectivity index (χ0v) is 20.4. The number of fused-ring (bicyclic) bond motifs is 1. The van der Waals surface area contributed by atoms with E-state index >= 15 is 0 Å². The zero-order chi connectivity index (χ0) is 22.9. The second-order valence-electron chi connectivity index (χ2n) is 9.06. The van der Waals surface area contributed by atoms with Gasteiger partial charge in [0.05, 0.1) is 18.8 Å². The van der Waals surface area contributed by atoms with Gasteiger partial charge in [0.25, 0.3) is 5.91 Å². The van der Waals surface area contributed by atoms with Crippen molar-refractivity contribution < 1.29 is 4.79 Å². The smallest absolute Gasteiger partial charge is 0.268 e. The van der Waals surface area contributed by atoms with Gasteiger partial charge in [0, 0.05) is 43.0 Å². The normalized spacial score (nSPS) is 19.1. The first-order valence-electron chi connectivity index (χ1n) is 11.7. The van der Waals surface area contributed by atoms with Gasteiger partial charge in [-0.05, 0) is 68.6 Å². The predicted octanol–water partition coefficient (Wildman–Crippen LogP) is 3.75. The van der Waals surface area contributed by atoms with Gasteiger partial charge in [-0.25, -0.2) is 4.31 Å². The minimum absolute atomic E-state index is 0.0289. The Morgan fingerprint density at radius 2 is 2.03 bits per heavy atom. The van der Waals surface area contributed by atoms with Crippen LogP contribution in [0.2, 0.25) is 0 Å². The standard InChI is InChI=1S/C25H32N6OS/c1-18-24(33-30-13-14-31-20(17-30)10-11-27-31)15-23(29(18)3)25(32)26-16-19-7-4-5-8-21(19)22-9-6-12-28(22)2/h4-5,7-8,10-11,15,22H,6,9,12-14,16-17H2,1-3H3,(H,26,32). The summed E-state index contributed by atoms with van der Waals surface area (Å²) in [5, 5.41) is 7.53. The Bertz CT molecular complexity index is 1150. The molecule has 1 atom stereocenters. The third-order valence-corrected chi connectivity index (χ3v) is 8.21. The number of rotatable bonds is 6. The lowest BCUT2D eigenvalue weighted by molar-refractivity contribution is 0.0942. The number of aromatic nitrogens is 3. The summed E-state index contributed by atoms with van der Waals surface area (Å²) in [6, 6.07) is 13.1. The van der Waals surface area contributed by atoms with Crippen LogP contribution < -0.4 is 5.32 Å². The second kappa shape index (κ2) is 9.37. The summed E-state index contributed by atoms with van der Waals surface area (Å²) in [7, 11) is 4.16. The molecule has 7 nitrogen and oxygen atoms in total. The maximum atomic E-state index is 13.1. The van der Waals surface area contributed by atoms with E-state index in [1.807, 2.05) is 23.9 Å². The van der Waals surface area contributed by atoms with Crippen LogP contribution in [0.3, 0.4) is 0 Å². The first-order chi connectivity index (χ1) is 16.0. The van der Waals surface area contributed by atoms with Crippen LogP contribution in [0.5, 0.6) is 0 Å². The summed E-state index contributed by atoms with van der Waals surface area (Å²) in [6.45, 7) is 6.44. The lowest BCUT2D eigenvalue weighted by atomic mass is 9.98. The lowest BCUT2D eigenvalue weighted by Gasteiger charge is -2.26. The molecule has 0 aliphatic carbocycles. The van der Waals surface area contributed by atoms with Crippen molar-refractivity contribution in [3.63, 3.8) is 0 Å². The van der Waals surface area contributed by atoms with E-state index in [-0.39, 0.29) is 5.91 Å². The molecule has 174 valence electrons. The number of carbonyl (C=O) groups excluding carboxylic acids is 1. The fourth-order valence-corrected chi connectivity index (χ4v) is 6.03. The molecule has 1 unspecified atom stereocenters. The fraction of sp³-hybridized carbons (Fsp3) is 0.440. The fourth-order valence-electron chi connectivity index (χ4n) is 4.95. The Morgan fingerprint density at radius 1 is 1.18 bits per heavy atom. The third kappa shape index (κ3) is 4.47. The van der Waals surface area contributed by atoms with Gasteiger partial charge in [0.1, 0.15) is 5.69 Å². The van der Waals surface area contributed by atoms with E-state index in [1.54, 1.807) is 11.9 Å². The molecule has 4 heterocycles. The van der Waals surface area contributed by atoms with E-state index in [1.165, 1.54) is 29.7 Å².